The van der Waals surface area contributed by atoms with Gasteiger partial charge in [0.1, 0.15) is 0 Å². The molecule has 13 heavy (non-hydrogen) atoms. The van der Waals surface area contributed by atoms with E-state index in [9.17, 15) is 0 Å². The first-order valence-electron chi connectivity index (χ1n) is 5.74. The normalized spacial score (nSPS) is 19.2. The molecule has 0 aromatic heterocycles. The summed E-state index contributed by atoms with van der Waals surface area (Å²) in [7, 11) is 0. The Morgan fingerprint density at radius 2 is 2.00 bits per heavy atom. The Kier molecular flexibility index (Phi) is 6.73. The van der Waals surface area contributed by atoms with Gasteiger partial charge in [0.25, 0.3) is 0 Å². The Hall–Kier alpha value is 0.310. The molecule has 0 unspecified atom stereocenters. The number of hydrogen-bond donors (Lipinski definition) is 1. The fourth-order valence-corrected chi connectivity index (χ4v) is 2.60. The molecule has 0 saturated heterocycles. The van der Waals surface area contributed by atoms with E-state index in [1.165, 1.54) is 57.4 Å². The van der Waals surface area contributed by atoms with Crippen molar-refractivity contribution in [2.45, 2.75) is 38.5 Å². The number of quaternary nitrogens is 1. The van der Waals surface area contributed by atoms with E-state index >= 15 is 0 Å². The fourth-order valence-electron chi connectivity index (χ4n) is 2.15. The van der Waals surface area contributed by atoms with Crippen LogP contribution in [0.4, 0.5) is 0 Å². The molecule has 0 aromatic carbocycles. The summed E-state index contributed by atoms with van der Waals surface area (Å²) in [5.41, 5.74) is 0. The topological polar surface area (TPSA) is 16.6 Å². The molecule has 1 saturated carbocycles. The maximum absolute atomic E-state index is 2.53. The number of thioether (sulfide) groups is 1. The second-order valence-electron chi connectivity index (χ2n) is 4.16. The van der Waals surface area contributed by atoms with Crippen LogP contribution in [0.2, 0.25) is 0 Å². The largest absolute Gasteiger partial charge is 0.346 e. The first-order chi connectivity index (χ1) is 6.43. The van der Waals surface area contributed by atoms with Gasteiger partial charge in [-0.05, 0) is 24.9 Å². The van der Waals surface area contributed by atoms with Crippen LogP contribution in [0.3, 0.4) is 0 Å². The predicted octanol–water partition coefficient (Wildman–Crippen LogP) is 1.88. The van der Waals surface area contributed by atoms with Crippen molar-refractivity contribution in [3.05, 3.63) is 0 Å². The highest BCUT2D eigenvalue weighted by atomic mass is 32.2. The monoisotopic (exact) mass is 202 g/mol. The second kappa shape index (κ2) is 7.69. The molecule has 1 rings (SSSR count). The quantitative estimate of drug-likeness (QED) is 0.651. The van der Waals surface area contributed by atoms with Crippen LogP contribution >= 0.6 is 11.8 Å². The maximum Gasteiger partial charge on any atom is 0.0783 e. The fraction of sp³-hybridized carbons (Fsp3) is 1.00. The van der Waals surface area contributed by atoms with Crippen molar-refractivity contribution in [1.82, 2.24) is 0 Å². The van der Waals surface area contributed by atoms with Gasteiger partial charge in [-0.3, -0.25) is 0 Å². The van der Waals surface area contributed by atoms with E-state index in [1.54, 1.807) is 0 Å². The smallest absolute Gasteiger partial charge is 0.0783 e. The molecule has 0 aliphatic heterocycles. The molecule has 1 nitrogen and oxygen atoms in total. The van der Waals surface area contributed by atoms with E-state index in [4.69, 9.17) is 0 Å². The first-order valence-corrected chi connectivity index (χ1v) is 7.13. The van der Waals surface area contributed by atoms with Gasteiger partial charge >= 0.3 is 0 Å². The Balaban J connectivity index is 1.86. The van der Waals surface area contributed by atoms with E-state index in [0.717, 1.165) is 5.92 Å². The minimum Gasteiger partial charge on any atom is -0.346 e. The molecular weight excluding hydrogens is 178 g/mol. The molecule has 2 heteroatoms. The standard InChI is InChI=1S/C11H23NS/c1-13-9-5-8-12-10-11-6-3-2-4-7-11/h11-12H,2-10H2,1H3/p+1. The van der Waals surface area contributed by atoms with E-state index in [1.807, 2.05) is 11.8 Å². The first kappa shape index (κ1) is 11.4. The van der Waals surface area contributed by atoms with Crippen LogP contribution < -0.4 is 5.32 Å². The van der Waals surface area contributed by atoms with Gasteiger partial charge < -0.3 is 5.32 Å². The highest BCUT2D eigenvalue weighted by molar-refractivity contribution is 7.98. The van der Waals surface area contributed by atoms with Crippen LogP contribution in [0, 0.1) is 5.92 Å². The zero-order chi connectivity index (χ0) is 9.36. The van der Waals surface area contributed by atoms with Crippen molar-refractivity contribution in [2.24, 2.45) is 5.92 Å². The molecule has 1 fully saturated rings. The summed E-state index contributed by atoms with van der Waals surface area (Å²) >= 11 is 1.97. The Morgan fingerprint density at radius 1 is 1.23 bits per heavy atom. The molecule has 0 atom stereocenters. The summed E-state index contributed by atoms with van der Waals surface area (Å²) in [6.45, 7) is 2.74. The molecule has 0 aromatic rings. The third-order valence-electron chi connectivity index (χ3n) is 2.98. The molecule has 2 N–H and O–H groups in total. The lowest BCUT2D eigenvalue weighted by Gasteiger charge is -2.19. The van der Waals surface area contributed by atoms with Gasteiger partial charge in [0.05, 0.1) is 13.1 Å². The van der Waals surface area contributed by atoms with Gasteiger partial charge in [-0.15, -0.1) is 0 Å². The third kappa shape index (κ3) is 5.58. The SMILES string of the molecule is CSCCC[NH2+]CC1CCCCC1. The predicted molar refractivity (Wildman–Crippen MR) is 61.2 cm³/mol. The summed E-state index contributed by atoms with van der Waals surface area (Å²) in [4.78, 5) is 0. The zero-order valence-corrected chi connectivity index (χ0v) is 9.74. The molecule has 0 heterocycles. The number of nitrogens with two attached hydrogens (primary N) is 1. The highest BCUT2D eigenvalue weighted by Crippen LogP contribution is 2.21. The third-order valence-corrected chi connectivity index (χ3v) is 3.68. The minimum absolute atomic E-state index is 1.04. The molecule has 0 bridgehead atoms. The van der Waals surface area contributed by atoms with E-state index in [-0.39, 0.29) is 0 Å². The summed E-state index contributed by atoms with van der Waals surface area (Å²) in [6, 6.07) is 0. The van der Waals surface area contributed by atoms with Crippen LogP contribution in [-0.4, -0.2) is 25.1 Å². The van der Waals surface area contributed by atoms with E-state index in [2.05, 4.69) is 11.6 Å². The molecule has 0 spiro atoms. The summed E-state index contributed by atoms with van der Waals surface area (Å²) in [6.07, 6.45) is 11.0. The maximum atomic E-state index is 2.53. The summed E-state index contributed by atoms with van der Waals surface area (Å²) < 4.78 is 0. The molecule has 1 aliphatic rings. The summed E-state index contributed by atoms with van der Waals surface area (Å²) in [5, 5.41) is 2.53. The molecule has 1 aliphatic carbocycles. The van der Waals surface area contributed by atoms with Crippen molar-refractivity contribution >= 4 is 11.8 Å². The van der Waals surface area contributed by atoms with Gasteiger partial charge in [0, 0.05) is 12.3 Å². The lowest BCUT2D eigenvalue weighted by molar-refractivity contribution is -0.660. The van der Waals surface area contributed by atoms with Gasteiger partial charge in [-0.1, -0.05) is 19.3 Å². The van der Waals surface area contributed by atoms with Crippen molar-refractivity contribution < 1.29 is 5.32 Å². The lowest BCUT2D eigenvalue weighted by Crippen LogP contribution is -2.85. The number of hydrogen-bond acceptors (Lipinski definition) is 1. The second-order valence-corrected chi connectivity index (χ2v) is 5.15. The molecule has 0 amide bonds. The van der Waals surface area contributed by atoms with E-state index in [0.29, 0.717) is 0 Å². The van der Waals surface area contributed by atoms with Crippen molar-refractivity contribution in [3.63, 3.8) is 0 Å². The highest BCUT2D eigenvalue weighted by Gasteiger charge is 2.14. The molecule has 78 valence electrons. The van der Waals surface area contributed by atoms with Gasteiger partial charge in [-0.2, -0.15) is 11.8 Å². The molecule has 0 radical (unpaired) electrons. The van der Waals surface area contributed by atoms with Crippen LogP contribution in [0.1, 0.15) is 38.5 Å². The summed E-state index contributed by atoms with van der Waals surface area (Å²) in [5.74, 6) is 2.38. The lowest BCUT2D eigenvalue weighted by atomic mass is 9.89. The average molecular weight is 202 g/mol. The van der Waals surface area contributed by atoms with Crippen LogP contribution in [0.25, 0.3) is 0 Å². The van der Waals surface area contributed by atoms with Crippen molar-refractivity contribution in [1.29, 1.82) is 0 Å². The van der Waals surface area contributed by atoms with Gasteiger partial charge in [-0.25, -0.2) is 0 Å². The van der Waals surface area contributed by atoms with Crippen LogP contribution in [0.5, 0.6) is 0 Å². The average Bonchev–Trinajstić information content (AvgIpc) is 2.19. The van der Waals surface area contributed by atoms with Gasteiger partial charge in [0.15, 0.2) is 0 Å². The van der Waals surface area contributed by atoms with Gasteiger partial charge in [0.2, 0.25) is 0 Å². The van der Waals surface area contributed by atoms with Crippen LogP contribution in [-0.2, 0) is 0 Å². The minimum atomic E-state index is 1.04. The van der Waals surface area contributed by atoms with E-state index < -0.39 is 0 Å². The zero-order valence-electron chi connectivity index (χ0n) is 8.93. The Bertz CT molecular complexity index is 111. The van der Waals surface area contributed by atoms with Crippen molar-refractivity contribution in [3.8, 4) is 0 Å². The Labute approximate surface area is 87.1 Å². The number of rotatable bonds is 6. The van der Waals surface area contributed by atoms with Crippen LogP contribution in [0.15, 0.2) is 0 Å². The Morgan fingerprint density at radius 3 is 2.69 bits per heavy atom. The molecular formula is C11H24NS+. The van der Waals surface area contributed by atoms with Crippen molar-refractivity contribution in [2.75, 3.05) is 25.1 Å².